The molecule has 0 aliphatic rings. The van der Waals surface area contributed by atoms with Crippen molar-refractivity contribution >= 4 is 15.9 Å². The summed E-state index contributed by atoms with van der Waals surface area (Å²) in [6.07, 6.45) is 1.71. The van der Waals surface area contributed by atoms with Gasteiger partial charge in [-0.05, 0) is 36.2 Å². The lowest BCUT2D eigenvalue weighted by Gasteiger charge is -2.00. The van der Waals surface area contributed by atoms with Crippen LogP contribution in [0.2, 0.25) is 0 Å². The fourth-order valence-corrected chi connectivity index (χ4v) is 2.58. The predicted molar refractivity (Wildman–Crippen MR) is 83.3 cm³/mol. The molecule has 5 nitrogen and oxygen atoms in total. The molecule has 3 rings (SSSR count). The van der Waals surface area contributed by atoms with Gasteiger partial charge >= 0.3 is 0 Å². The molecule has 0 atom stereocenters. The van der Waals surface area contributed by atoms with Crippen LogP contribution < -0.4 is 5.73 Å². The monoisotopic (exact) mass is 344 g/mol. The fraction of sp³-hybridized carbons (Fsp3) is 0.133. The lowest BCUT2D eigenvalue weighted by molar-refractivity contribution is 0.431. The van der Waals surface area contributed by atoms with E-state index in [0.29, 0.717) is 24.0 Å². The molecule has 0 amide bonds. The van der Waals surface area contributed by atoms with Crippen molar-refractivity contribution in [2.45, 2.75) is 13.5 Å². The Morgan fingerprint density at radius 2 is 2.10 bits per heavy atom. The summed E-state index contributed by atoms with van der Waals surface area (Å²) in [6, 6.07) is 9.70. The second-order valence-electron chi connectivity index (χ2n) is 4.66. The quantitative estimate of drug-likeness (QED) is 0.788. The molecule has 0 radical (unpaired) electrons. The van der Waals surface area contributed by atoms with Crippen molar-refractivity contribution in [2.24, 2.45) is 5.73 Å². The van der Waals surface area contributed by atoms with Crippen molar-refractivity contribution in [2.75, 3.05) is 0 Å². The first-order chi connectivity index (χ1) is 10.2. The van der Waals surface area contributed by atoms with Crippen molar-refractivity contribution < 1.29 is 4.52 Å². The van der Waals surface area contributed by atoms with Crippen LogP contribution in [0.3, 0.4) is 0 Å². The third-order valence-electron chi connectivity index (χ3n) is 3.07. The zero-order chi connectivity index (χ0) is 14.8. The smallest absolute Gasteiger partial charge is 0.276 e. The number of nitrogens with two attached hydrogens (primary N) is 1. The minimum Gasteiger partial charge on any atom is -0.332 e. The Hall–Kier alpha value is -2.05. The van der Waals surface area contributed by atoms with Crippen LogP contribution in [0.4, 0.5) is 0 Å². The number of aromatic nitrogens is 3. The number of nitrogens with zero attached hydrogens (tertiary/aromatic N) is 3. The summed E-state index contributed by atoms with van der Waals surface area (Å²) >= 11 is 3.52. The topological polar surface area (TPSA) is 77.8 Å². The summed E-state index contributed by atoms with van der Waals surface area (Å²) in [5.74, 6) is 0.919. The molecule has 0 saturated heterocycles. The van der Waals surface area contributed by atoms with Crippen LogP contribution in [0.15, 0.2) is 45.5 Å². The normalized spacial score (nSPS) is 10.8. The minimum absolute atomic E-state index is 0.390. The first-order valence-electron chi connectivity index (χ1n) is 6.43. The molecule has 3 aromatic rings. The molecule has 0 spiro atoms. The van der Waals surface area contributed by atoms with Crippen molar-refractivity contribution in [1.29, 1.82) is 0 Å². The lowest BCUT2D eigenvalue weighted by atomic mass is 10.1. The molecular formula is C15H13BrN4O. The second kappa shape index (κ2) is 5.75. The van der Waals surface area contributed by atoms with Gasteiger partial charge in [0.25, 0.3) is 5.89 Å². The van der Waals surface area contributed by atoms with E-state index in [4.69, 9.17) is 10.3 Å². The summed E-state index contributed by atoms with van der Waals surface area (Å²) in [5, 5.41) is 4.02. The molecule has 6 heteroatoms. The molecule has 0 aliphatic heterocycles. The van der Waals surface area contributed by atoms with E-state index in [2.05, 4.69) is 31.1 Å². The summed E-state index contributed by atoms with van der Waals surface area (Å²) in [6.45, 7) is 2.48. The van der Waals surface area contributed by atoms with Gasteiger partial charge in [-0.2, -0.15) is 4.98 Å². The van der Waals surface area contributed by atoms with Crippen LogP contribution in [0.25, 0.3) is 23.0 Å². The number of halogens is 1. The molecule has 0 saturated carbocycles. The van der Waals surface area contributed by atoms with Gasteiger partial charge in [-0.1, -0.05) is 33.2 Å². The average Bonchev–Trinajstić information content (AvgIpc) is 2.97. The molecule has 0 aliphatic carbocycles. The summed E-state index contributed by atoms with van der Waals surface area (Å²) < 4.78 is 6.22. The van der Waals surface area contributed by atoms with Gasteiger partial charge in [0.2, 0.25) is 5.82 Å². The molecule has 106 valence electrons. The van der Waals surface area contributed by atoms with E-state index in [-0.39, 0.29) is 0 Å². The van der Waals surface area contributed by atoms with E-state index in [9.17, 15) is 0 Å². The van der Waals surface area contributed by atoms with Gasteiger partial charge in [0.1, 0.15) is 5.69 Å². The summed E-state index contributed by atoms with van der Waals surface area (Å²) in [4.78, 5) is 8.67. The van der Waals surface area contributed by atoms with Gasteiger partial charge in [0.05, 0.1) is 0 Å². The van der Waals surface area contributed by atoms with Crippen molar-refractivity contribution in [3.8, 4) is 23.0 Å². The minimum atomic E-state index is 0.390. The van der Waals surface area contributed by atoms with Gasteiger partial charge in [-0.15, -0.1) is 0 Å². The van der Waals surface area contributed by atoms with Gasteiger partial charge in [-0.25, -0.2) is 0 Å². The van der Waals surface area contributed by atoms with Crippen LogP contribution in [0, 0.1) is 6.92 Å². The number of hydrogen-bond acceptors (Lipinski definition) is 5. The molecule has 2 aromatic heterocycles. The van der Waals surface area contributed by atoms with Gasteiger partial charge in [0.15, 0.2) is 0 Å². The molecule has 0 fully saturated rings. The van der Waals surface area contributed by atoms with Crippen LogP contribution in [0.5, 0.6) is 0 Å². The van der Waals surface area contributed by atoms with E-state index in [0.717, 1.165) is 21.2 Å². The van der Waals surface area contributed by atoms with E-state index >= 15 is 0 Å². The first-order valence-corrected chi connectivity index (χ1v) is 7.22. The van der Waals surface area contributed by atoms with E-state index < -0.39 is 0 Å². The highest BCUT2D eigenvalue weighted by Gasteiger charge is 2.13. The SMILES string of the molecule is Cc1ccc(-c2noc(-c3ccc(CN)cn3)n2)c(Br)c1. The Morgan fingerprint density at radius 1 is 1.24 bits per heavy atom. The lowest BCUT2D eigenvalue weighted by Crippen LogP contribution is -1.96. The Kier molecular flexibility index (Phi) is 3.81. The zero-order valence-electron chi connectivity index (χ0n) is 11.4. The molecule has 2 N–H and O–H groups in total. The maximum absolute atomic E-state index is 5.55. The molecule has 1 aromatic carbocycles. The van der Waals surface area contributed by atoms with Crippen molar-refractivity contribution in [3.63, 3.8) is 0 Å². The number of aryl methyl sites for hydroxylation is 1. The fourth-order valence-electron chi connectivity index (χ4n) is 1.91. The first kappa shape index (κ1) is 13.9. The molecule has 0 bridgehead atoms. The number of hydrogen-bond donors (Lipinski definition) is 1. The number of pyridine rings is 1. The van der Waals surface area contributed by atoms with Crippen LogP contribution >= 0.6 is 15.9 Å². The largest absolute Gasteiger partial charge is 0.332 e. The summed E-state index contributed by atoms with van der Waals surface area (Å²) in [5.41, 5.74) is 9.19. The Bertz CT molecular complexity index is 768. The Balaban J connectivity index is 1.95. The zero-order valence-corrected chi connectivity index (χ0v) is 13.0. The maximum Gasteiger partial charge on any atom is 0.276 e. The van der Waals surface area contributed by atoms with Crippen molar-refractivity contribution in [1.82, 2.24) is 15.1 Å². The van der Waals surface area contributed by atoms with Crippen LogP contribution in [-0.4, -0.2) is 15.1 Å². The van der Waals surface area contributed by atoms with Gasteiger partial charge in [0, 0.05) is 22.8 Å². The third-order valence-corrected chi connectivity index (χ3v) is 3.73. The van der Waals surface area contributed by atoms with Gasteiger partial charge < -0.3 is 10.3 Å². The Morgan fingerprint density at radius 3 is 2.76 bits per heavy atom. The summed E-state index contributed by atoms with van der Waals surface area (Å²) in [7, 11) is 0. The molecule has 0 unspecified atom stereocenters. The highest BCUT2D eigenvalue weighted by Crippen LogP contribution is 2.28. The van der Waals surface area contributed by atoms with Crippen LogP contribution in [0.1, 0.15) is 11.1 Å². The predicted octanol–water partition coefficient (Wildman–Crippen LogP) is 3.33. The molecule has 2 heterocycles. The highest BCUT2D eigenvalue weighted by molar-refractivity contribution is 9.10. The highest BCUT2D eigenvalue weighted by atomic mass is 79.9. The van der Waals surface area contributed by atoms with E-state index in [1.54, 1.807) is 6.20 Å². The maximum atomic E-state index is 5.55. The van der Waals surface area contributed by atoms with Gasteiger partial charge in [-0.3, -0.25) is 4.98 Å². The van der Waals surface area contributed by atoms with E-state index in [1.165, 1.54) is 0 Å². The van der Waals surface area contributed by atoms with Crippen LogP contribution in [-0.2, 0) is 6.54 Å². The molecule has 21 heavy (non-hydrogen) atoms. The third kappa shape index (κ3) is 2.86. The number of rotatable bonds is 3. The Labute approximate surface area is 130 Å². The second-order valence-corrected chi connectivity index (χ2v) is 5.52. The van der Waals surface area contributed by atoms with E-state index in [1.807, 2.05) is 37.3 Å². The average molecular weight is 345 g/mol. The molecular weight excluding hydrogens is 332 g/mol. The number of benzene rings is 1. The van der Waals surface area contributed by atoms with Crippen molar-refractivity contribution in [3.05, 3.63) is 52.1 Å². The standard InChI is InChI=1S/C15H13BrN4O/c1-9-2-4-11(12(16)6-9)14-19-15(21-20-14)13-5-3-10(7-17)8-18-13/h2-6,8H,7,17H2,1H3.